The van der Waals surface area contributed by atoms with Crippen molar-refractivity contribution in [2.24, 2.45) is 11.1 Å². The second kappa shape index (κ2) is 6.53. The lowest BCUT2D eigenvalue weighted by atomic mass is 9.73. The van der Waals surface area contributed by atoms with Crippen molar-refractivity contribution in [1.82, 2.24) is 0 Å². The monoisotopic (exact) mass is 326 g/mol. The van der Waals surface area contributed by atoms with E-state index in [0.717, 1.165) is 19.3 Å². The maximum Gasteiger partial charge on any atom is 0.350 e. The predicted molar refractivity (Wildman–Crippen MR) is 86.6 cm³/mol. The lowest BCUT2D eigenvalue weighted by Crippen LogP contribution is -2.47. The van der Waals surface area contributed by atoms with E-state index in [1.165, 1.54) is 18.4 Å². The summed E-state index contributed by atoms with van der Waals surface area (Å²) in [6, 6.07) is 1.69. The van der Waals surface area contributed by atoms with Gasteiger partial charge in [0.25, 0.3) is 0 Å². The Bertz CT molecular complexity index is 562. The van der Waals surface area contributed by atoms with Gasteiger partial charge in [-0.05, 0) is 24.3 Å². The van der Waals surface area contributed by atoms with Crippen LogP contribution in [-0.4, -0.2) is 24.0 Å². The third-order valence-corrected chi connectivity index (χ3v) is 5.18. The van der Waals surface area contributed by atoms with Gasteiger partial charge in [0.15, 0.2) is 0 Å². The van der Waals surface area contributed by atoms with E-state index >= 15 is 0 Å². The van der Waals surface area contributed by atoms with Gasteiger partial charge >= 0.3 is 5.97 Å². The number of amides is 1. The minimum Gasteiger partial charge on any atom is -0.465 e. The highest BCUT2D eigenvalue weighted by Gasteiger charge is 2.42. The standard InChI is InChI=1S/C14H18N2O3S2/c1-19-11(17)10-9(5-8-21-10)16-13(18)14(12(15)20)6-3-2-4-7-14/h5,8H,2-4,6-7H2,1H3,(H2,15,20)(H,16,18). The van der Waals surface area contributed by atoms with Crippen LogP contribution >= 0.6 is 23.6 Å². The van der Waals surface area contributed by atoms with Gasteiger partial charge in [0.1, 0.15) is 4.88 Å². The molecule has 5 nitrogen and oxygen atoms in total. The van der Waals surface area contributed by atoms with Gasteiger partial charge in [-0.1, -0.05) is 31.5 Å². The third-order valence-electron chi connectivity index (χ3n) is 3.90. The number of carbonyl (C=O) groups excluding carboxylic acids is 2. The fourth-order valence-corrected chi connectivity index (χ4v) is 3.70. The number of hydrogen-bond acceptors (Lipinski definition) is 5. The molecular weight excluding hydrogens is 308 g/mol. The van der Waals surface area contributed by atoms with Gasteiger partial charge in [-0.2, -0.15) is 0 Å². The van der Waals surface area contributed by atoms with Crippen molar-refractivity contribution in [2.45, 2.75) is 32.1 Å². The first kappa shape index (κ1) is 15.9. The van der Waals surface area contributed by atoms with Gasteiger partial charge in [-0.25, -0.2) is 4.79 Å². The Balaban J connectivity index is 2.22. The first-order valence-corrected chi connectivity index (χ1v) is 8.07. The van der Waals surface area contributed by atoms with Gasteiger partial charge < -0.3 is 15.8 Å². The van der Waals surface area contributed by atoms with Crippen LogP contribution in [0.15, 0.2) is 11.4 Å². The van der Waals surface area contributed by atoms with Crippen LogP contribution in [-0.2, 0) is 9.53 Å². The second-order valence-electron chi connectivity index (χ2n) is 5.12. The van der Waals surface area contributed by atoms with Crippen LogP contribution in [0.5, 0.6) is 0 Å². The summed E-state index contributed by atoms with van der Waals surface area (Å²) < 4.78 is 4.70. The minimum absolute atomic E-state index is 0.224. The summed E-state index contributed by atoms with van der Waals surface area (Å²) in [4.78, 5) is 24.9. The largest absolute Gasteiger partial charge is 0.465 e. The van der Waals surface area contributed by atoms with Crippen molar-refractivity contribution < 1.29 is 14.3 Å². The molecule has 0 aliphatic heterocycles. The number of nitrogens with two attached hydrogens (primary N) is 1. The van der Waals surface area contributed by atoms with Crippen molar-refractivity contribution in [3.05, 3.63) is 16.3 Å². The molecule has 1 amide bonds. The predicted octanol–water partition coefficient (Wildman–Crippen LogP) is 2.71. The Hall–Kier alpha value is -1.47. The van der Waals surface area contributed by atoms with Gasteiger partial charge in [-0.3, -0.25) is 4.79 Å². The van der Waals surface area contributed by atoms with Gasteiger partial charge in [0.2, 0.25) is 5.91 Å². The molecule has 21 heavy (non-hydrogen) atoms. The number of ether oxygens (including phenoxy) is 1. The summed E-state index contributed by atoms with van der Waals surface area (Å²) in [5.41, 5.74) is 5.49. The van der Waals surface area contributed by atoms with Crippen LogP contribution in [0, 0.1) is 5.41 Å². The maximum absolute atomic E-state index is 12.7. The number of thiophene rings is 1. The summed E-state index contributed by atoms with van der Waals surface area (Å²) in [6.07, 6.45) is 4.26. The molecule has 1 fully saturated rings. The number of thiocarbonyl (C=S) groups is 1. The molecule has 0 radical (unpaired) electrons. The Kier molecular flexibility index (Phi) is 4.95. The Morgan fingerprint density at radius 3 is 2.62 bits per heavy atom. The highest BCUT2D eigenvalue weighted by atomic mass is 32.1. The van der Waals surface area contributed by atoms with Crippen molar-refractivity contribution in [3.63, 3.8) is 0 Å². The Labute approximate surface area is 132 Å². The molecule has 0 aromatic carbocycles. The molecule has 1 aromatic heterocycles. The minimum atomic E-state index is -0.803. The van der Waals surface area contributed by atoms with E-state index in [9.17, 15) is 9.59 Å². The molecular formula is C14H18N2O3S2. The summed E-state index contributed by atoms with van der Waals surface area (Å²) in [6.45, 7) is 0. The van der Waals surface area contributed by atoms with E-state index in [-0.39, 0.29) is 10.9 Å². The van der Waals surface area contributed by atoms with Crippen LogP contribution in [0.2, 0.25) is 0 Å². The zero-order chi connectivity index (χ0) is 15.5. The van der Waals surface area contributed by atoms with Crippen LogP contribution in [0.25, 0.3) is 0 Å². The second-order valence-corrected chi connectivity index (χ2v) is 6.47. The molecule has 0 atom stereocenters. The molecule has 1 aliphatic rings. The van der Waals surface area contributed by atoms with Crippen molar-refractivity contribution in [3.8, 4) is 0 Å². The van der Waals surface area contributed by atoms with Crippen LogP contribution < -0.4 is 11.1 Å². The maximum atomic E-state index is 12.7. The molecule has 1 aromatic rings. The number of anilines is 1. The van der Waals surface area contributed by atoms with Gasteiger partial charge in [-0.15, -0.1) is 11.3 Å². The molecule has 0 unspecified atom stereocenters. The number of hydrogen-bond donors (Lipinski definition) is 2. The summed E-state index contributed by atoms with van der Waals surface area (Å²) in [5, 5.41) is 4.53. The first-order valence-electron chi connectivity index (χ1n) is 6.78. The summed E-state index contributed by atoms with van der Waals surface area (Å²) in [7, 11) is 1.31. The van der Waals surface area contributed by atoms with Crippen molar-refractivity contribution >= 4 is 46.1 Å². The first-order chi connectivity index (χ1) is 10.0. The Morgan fingerprint density at radius 1 is 1.38 bits per heavy atom. The highest BCUT2D eigenvalue weighted by Crippen LogP contribution is 2.38. The zero-order valence-electron chi connectivity index (χ0n) is 11.8. The van der Waals surface area contributed by atoms with Crippen LogP contribution in [0.4, 0.5) is 5.69 Å². The molecule has 2 rings (SSSR count). The lowest BCUT2D eigenvalue weighted by molar-refractivity contribution is -0.123. The number of rotatable bonds is 4. The molecule has 114 valence electrons. The summed E-state index contributed by atoms with van der Waals surface area (Å²) in [5.74, 6) is -0.688. The van der Waals surface area contributed by atoms with E-state index in [0.29, 0.717) is 23.4 Å². The molecule has 0 spiro atoms. The topological polar surface area (TPSA) is 81.4 Å². The van der Waals surface area contributed by atoms with Gasteiger partial charge in [0, 0.05) is 0 Å². The average molecular weight is 326 g/mol. The smallest absolute Gasteiger partial charge is 0.350 e. The van der Waals surface area contributed by atoms with Crippen LogP contribution in [0.3, 0.4) is 0 Å². The molecule has 0 bridgehead atoms. The van der Waals surface area contributed by atoms with Gasteiger partial charge in [0.05, 0.1) is 23.2 Å². The average Bonchev–Trinajstić information content (AvgIpc) is 2.95. The Morgan fingerprint density at radius 2 is 2.05 bits per heavy atom. The SMILES string of the molecule is COC(=O)c1sccc1NC(=O)C1(C(N)=S)CCCCC1. The van der Waals surface area contributed by atoms with E-state index in [1.807, 2.05) is 0 Å². The van der Waals surface area contributed by atoms with Crippen molar-refractivity contribution in [1.29, 1.82) is 0 Å². The summed E-state index contributed by atoms with van der Waals surface area (Å²) >= 11 is 6.36. The van der Waals surface area contributed by atoms with E-state index in [4.69, 9.17) is 22.7 Å². The highest BCUT2D eigenvalue weighted by molar-refractivity contribution is 7.80. The van der Waals surface area contributed by atoms with E-state index in [1.54, 1.807) is 11.4 Å². The third kappa shape index (κ3) is 3.08. The molecule has 1 aliphatic carbocycles. The molecule has 3 N–H and O–H groups in total. The number of esters is 1. The van der Waals surface area contributed by atoms with Crippen LogP contribution in [0.1, 0.15) is 41.8 Å². The molecule has 7 heteroatoms. The van der Waals surface area contributed by atoms with Crippen molar-refractivity contribution in [2.75, 3.05) is 12.4 Å². The quantitative estimate of drug-likeness (QED) is 0.657. The zero-order valence-corrected chi connectivity index (χ0v) is 13.4. The fraction of sp³-hybridized carbons (Fsp3) is 0.500. The van der Waals surface area contributed by atoms with E-state index in [2.05, 4.69) is 5.32 Å². The molecule has 1 saturated carbocycles. The lowest BCUT2D eigenvalue weighted by Gasteiger charge is -2.34. The number of methoxy groups -OCH3 is 1. The molecule has 1 heterocycles. The fourth-order valence-electron chi connectivity index (χ4n) is 2.64. The van der Waals surface area contributed by atoms with E-state index < -0.39 is 11.4 Å². The number of carbonyl (C=O) groups is 2. The number of nitrogens with one attached hydrogen (secondary N) is 1. The molecule has 0 saturated heterocycles. The normalized spacial score (nSPS) is 17.0.